The second kappa shape index (κ2) is 6.48. The molecule has 3 aromatic heterocycles. The van der Waals surface area contributed by atoms with Crippen LogP contribution >= 0.6 is 11.3 Å². The molecule has 2 N–H and O–H groups in total. The van der Waals surface area contributed by atoms with E-state index in [0.717, 1.165) is 17.0 Å². The van der Waals surface area contributed by atoms with E-state index in [1.807, 2.05) is 19.4 Å². The Kier molecular flexibility index (Phi) is 4.36. The molecule has 0 saturated carbocycles. The van der Waals surface area contributed by atoms with Gasteiger partial charge in [-0.25, -0.2) is 9.78 Å². The van der Waals surface area contributed by atoms with Crippen molar-refractivity contribution in [2.45, 2.75) is 19.9 Å². The van der Waals surface area contributed by atoms with Gasteiger partial charge in [0.15, 0.2) is 10.8 Å². The van der Waals surface area contributed by atoms with Gasteiger partial charge in [0, 0.05) is 29.9 Å². The number of hydrogen-bond acceptors (Lipinski definition) is 6. The lowest BCUT2D eigenvalue weighted by Crippen LogP contribution is -2.18. The van der Waals surface area contributed by atoms with Crippen LogP contribution in [0.2, 0.25) is 0 Å². The van der Waals surface area contributed by atoms with Crippen molar-refractivity contribution < 1.29 is 14.7 Å². The lowest BCUT2D eigenvalue weighted by atomic mass is 10.2. The molecule has 1 atom stereocenters. The maximum Gasteiger partial charge on any atom is 0.328 e. The van der Waals surface area contributed by atoms with E-state index in [1.165, 1.54) is 35.2 Å². The Morgan fingerprint density at radius 1 is 1.40 bits per heavy atom. The molecule has 1 amide bonds. The van der Waals surface area contributed by atoms with Gasteiger partial charge < -0.3 is 5.11 Å². The largest absolute Gasteiger partial charge is 0.480 e. The first-order chi connectivity index (χ1) is 11.9. The van der Waals surface area contributed by atoms with Crippen molar-refractivity contribution in [1.29, 1.82) is 0 Å². The van der Waals surface area contributed by atoms with Gasteiger partial charge >= 0.3 is 5.97 Å². The number of carbonyl (C=O) groups is 2. The van der Waals surface area contributed by atoms with Crippen LogP contribution in [0, 0.1) is 6.92 Å². The molecule has 25 heavy (non-hydrogen) atoms. The van der Waals surface area contributed by atoms with E-state index in [9.17, 15) is 9.59 Å². The normalized spacial score (nSPS) is 12.1. The number of rotatable bonds is 5. The summed E-state index contributed by atoms with van der Waals surface area (Å²) in [5.74, 6) is -1.47. The smallest absolute Gasteiger partial charge is 0.328 e. The van der Waals surface area contributed by atoms with Crippen molar-refractivity contribution in [2.75, 3.05) is 5.32 Å². The zero-order valence-corrected chi connectivity index (χ0v) is 14.6. The summed E-state index contributed by atoms with van der Waals surface area (Å²) in [6.45, 7) is 3.43. The molecule has 1 unspecified atom stereocenters. The number of nitrogens with zero attached hydrogens (tertiary/aromatic N) is 5. The second-order valence-electron chi connectivity index (χ2n) is 5.45. The Morgan fingerprint density at radius 3 is 2.80 bits per heavy atom. The van der Waals surface area contributed by atoms with E-state index in [1.54, 1.807) is 10.9 Å². The van der Waals surface area contributed by atoms with E-state index in [2.05, 4.69) is 20.5 Å². The third-order valence-corrected chi connectivity index (χ3v) is 4.59. The topological polar surface area (TPSA) is 115 Å². The Labute approximate surface area is 146 Å². The van der Waals surface area contributed by atoms with E-state index in [-0.39, 0.29) is 5.69 Å². The fourth-order valence-corrected chi connectivity index (χ4v) is 2.86. The summed E-state index contributed by atoms with van der Waals surface area (Å²) in [5, 5.41) is 22.1. The van der Waals surface area contributed by atoms with E-state index < -0.39 is 17.9 Å². The molecule has 10 heteroatoms. The summed E-state index contributed by atoms with van der Waals surface area (Å²) < 4.78 is 2.98. The molecule has 130 valence electrons. The van der Waals surface area contributed by atoms with Crippen molar-refractivity contribution in [3.8, 4) is 11.3 Å². The highest BCUT2D eigenvalue weighted by atomic mass is 32.1. The quantitative estimate of drug-likeness (QED) is 0.718. The predicted molar refractivity (Wildman–Crippen MR) is 91.6 cm³/mol. The van der Waals surface area contributed by atoms with Crippen LogP contribution in [0.15, 0.2) is 23.8 Å². The molecule has 3 rings (SSSR count). The summed E-state index contributed by atoms with van der Waals surface area (Å²) in [5.41, 5.74) is 2.74. The predicted octanol–water partition coefficient (Wildman–Crippen LogP) is 1.95. The summed E-state index contributed by atoms with van der Waals surface area (Å²) in [6, 6.07) is 0.621. The van der Waals surface area contributed by atoms with Gasteiger partial charge in [0.1, 0.15) is 6.04 Å². The van der Waals surface area contributed by atoms with Gasteiger partial charge in [0.05, 0.1) is 11.9 Å². The third kappa shape index (κ3) is 3.29. The SMILES string of the molecule is Cc1c(-c2csc(NC(=O)c3ccn(C(C)C(=O)O)n3)n2)cnn1C. The van der Waals surface area contributed by atoms with Crippen molar-refractivity contribution in [3.05, 3.63) is 35.2 Å². The first-order valence-corrected chi connectivity index (χ1v) is 8.28. The molecule has 9 nitrogen and oxygen atoms in total. The number of aliphatic carboxylic acids is 1. The number of aromatic nitrogens is 5. The van der Waals surface area contributed by atoms with Gasteiger partial charge in [0.25, 0.3) is 5.91 Å². The highest BCUT2D eigenvalue weighted by Crippen LogP contribution is 2.27. The van der Waals surface area contributed by atoms with Crippen molar-refractivity contribution in [2.24, 2.45) is 7.05 Å². The van der Waals surface area contributed by atoms with Gasteiger partial charge in [-0.15, -0.1) is 11.3 Å². The summed E-state index contributed by atoms with van der Waals surface area (Å²) in [7, 11) is 1.85. The number of thiazole rings is 1. The molecule has 0 spiro atoms. The van der Waals surface area contributed by atoms with Crippen LogP contribution in [0.3, 0.4) is 0 Å². The number of anilines is 1. The first kappa shape index (κ1) is 16.8. The first-order valence-electron chi connectivity index (χ1n) is 7.40. The van der Waals surface area contributed by atoms with Crippen molar-refractivity contribution >= 4 is 28.3 Å². The highest BCUT2D eigenvalue weighted by Gasteiger charge is 2.18. The van der Waals surface area contributed by atoms with Crippen molar-refractivity contribution in [1.82, 2.24) is 24.5 Å². The maximum absolute atomic E-state index is 12.3. The number of carboxylic acid groups (broad SMARTS) is 1. The van der Waals surface area contributed by atoms with Crippen LogP contribution in [-0.4, -0.2) is 41.5 Å². The number of amides is 1. The van der Waals surface area contributed by atoms with Gasteiger partial charge in [-0.3, -0.25) is 19.5 Å². The van der Waals surface area contributed by atoms with Crippen LogP contribution in [0.4, 0.5) is 5.13 Å². The Bertz CT molecular complexity index is 941. The van der Waals surface area contributed by atoms with E-state index in [0.29, 0.717) is 5.13 Å². The number of nitrogens with one attached hydrogen (secondary N) is 1. The van der Waals surface area contributed by atoms with Gasteiger partial charge in [0.2, 0.25) is 0 Å². The molecule has 0 aromatic carbocycles. The molecule has 0 saturated heterocycles. The van der Waals surface area contributed by atoms with Gasteiger partial charge in [-0.2, -0.15) is 10.2 Å². The van der Waals surface area contributed by atoms with Crippen molar-refractivity contribution in [3.63, 3.8) is 0 Å². The number of hydrogen-bond donors (Lipinski definition) is 2. The third-order valence-electron chi connectivity index (χ3n) is 3.83. The summed E-state index contributed by atoms with van der Waals surface area (Å²) in [4.78, 5) is 27.6. The highest BCUT2D eigenvalue weighted by molar-refractivity contribution is 7.14. The summed E-state index contributed by atoms with van der Waals surface area (Å²) >= 11 is 1.29. The lowest BCUT2D eigenvalue weighted by molar-refractivity contribution is -0.140. The van der Waals surface area contributed by atoms with Gasteiger partial charge in [-0.1, -0.05) is 0 Å². The molecule has 0 aliphatic rings. The standard InChI is InChI=1S/C15H16N6O3S/c1-8-10(6-16-20(8)3)12-7-25-15(17-12)18-13(22)11-4-5-21(19-11)9(2)14(23)24/h4-7,9H,1-3H3,(H,23,24)(H,17,18,22). The average molecular weight is 360 g/mol. The zero-order valence-electron chi connectivity index (χ0n) is 13.8. The van der Waals surface area contributed by atoms with Crippen LogP contribution in [0.5, 0.6) is 0 Å². The fourth-order valence-electron chi connectivity index (χ4n) is 2.15. The fraction of sp³-hybridized carbons (Fsp3) is 0.267. The molecule has 0 radical (unpaired) electrons. The number of aryl methyl sites for hydroxylation is 1. The molecule has 0 bridgehead atoms. The van der Waals surface area contributed by atoms with Crippen LogP contribution in [0.1, 0.15) is 29.1 Å². The van der Waals surface area contributed by atoms with E-state index >= 15 is 0 Å². The minimum Gasteiger partial charge on any atom is -0.480 e. The van der Waals surface area contributed by atoms with Crippen LogP contribution < -0.4 is 5.32 Å². The van der Waals surface area contributed by atoms with E-state index in [4.69, 9.17) is 5.11 Å². The molecule has 0 aliphatic heterocycles. The monoisotopic (exact) mass is 360 g/mol. The Balaban J connectivity index is 1.74. The molecular weight excluding hydrogens is 344 g/mol. The average Bonchev–Trinajstić information content (AvgIpc) is 3.28. The Morgan fingerprint density at radius 2 is 2.16 bits per heavy atom. The molecule has 3 heterocycles. The van der Waals surface area contributed by atoms with Crippen LogP contribution in [-0.2, 0) is 11.8 Å². The minimum atomic E-state index is -1.02. The minimum absolute atomic E-state index is 0.127. The van der Waals surface area contributed by atoms with Gasteiger partial charge in [-0.05, 0) is 19.9 Å². The number of carbonyl (C=O) groups excluding carboxylic acids is 1. The molecular formula is C15H16N6O3S. The second-order valence-corrected chi connectivity index (χ2v) is 6.31. The maximum atomic E-state index is 12.3. The van der Waals surface area contributed by atoms with Crippen LogP contribution in [0.25, 0.3) is 11.3 Å². The zero-order chi connectivity index (χ0) is 18.1. The number of carboxylic acids is 1. The molecule has 0 fully saturated rings. The molecule has 0 aliphatic carbocycles. The summed E-state index contributed by atoms with van der Waals surface area (Å²) in [6.07, 6.45) is 3.19. The Hall–Kier alpha value is -3.01. The molecule has 3 aromatic rings. The lowest BCUT2D eigenvalue weighted by Gasteiger charge is -2.05.